The summed E-state index contributed by atoms with van der Waals surface area (Å²) in [5.41, 5.74) is 4.44. The monoisotopic (exact) mass is 327 g/mol. The number of fused-ring (bicyclic) bond motifs is 2. The molecule has 1 unspecified atom stereocenters. The predicted molar refractivity (Wildman–Crippen MR) is 94.0 cm³/mol. The Morgan fingerprint density at radius 3 is 2.87 bits per heavy atom. The maximum atomic E-state index is 13.4. The predicted octanol–water partition coefficient (Wildman–Crippen LogP) is 4.19. The third kappa shape index (κ3) is 2.65. The minimum Gasteiger partial charge on any atom is -0.360 e. The normalized spacial score (nSPS) is 17.1. The molecule has 0 aliphatic carbocycles. The number of nitrogens with one attached hydrogen (secondary N) is 2. The summed E-state index contributed by atoms with van der Waals surface area (Å²) in [5, 5.41) is 1.05. The summed E-state index contributed by atoms with van der Waals surface area (Å²) in [7, 11) is 4.17. The fourth-order valence-corrected chi connectivity index (χ4v) is 4.04. The lowest BCUT2D eigenvalue weighted by molar-refractivity contribution is 0.369. The van der Waals surface area contributed by atoms with Crippen LogP contribution in [0.25, 0.3) is 22.0 Å². The van der Waals surface area contributed by atoms with E-state index in [1.165, 1.54) is 16.5 Å². The minimum atomic E-state index is -0.216. The van der Waals surface area contributed by atoms with Crippen LogP contribution >= 0.6 is 11.9 Å². The van der Waals surface area contributed by atoms with Crippen LogP contribution in [0.1, 0.15) is 11.6 Å². The van der Waals surface area contributed by atoms with Crippen LogP contribution in [0.3, 0.4) is 0 Å². The first kappa shape index (κ1) is 14.8. The molecule has 1 aliphatic heterocycles. The van der Waals surface area contributed by atoms with Crippen LogP contribution in [0.2, 0.25) is 0 Å². The summed E-state index contributed by atoms with van der Waals surface area (Å²) >= 11 is 1.70. The molecule has 5 heteroatoms. The Morgan fingerprint density at radius 1 is 1.17 bits per heavy atom. The molecule has 3 nitrogen and oxygen atoms in total. The molecule has 0 spiro atoms. The SMILES string of the molecule is CN(C)CC1NSc2ccc(-c3c[nH]c4cc(F)ccc34)cc21. The van der Waals surface area contributed by atoms with Crippen LogP contribution in [0, 0.1) is 5.82 Å². The maximum Gasteiger partial charge on any atom is 0.125 e. The van der Waals surface area contributed by atoms with Gasteiger partial charge in [0.25, 0.3) is 0 Å². The van der Waals surface area contributed by atoms with Crippen molar-refractivity contribution in [3.05, 3.63) is 54.0 Å². The Morgan fingerprint density at radius 2 is 2.04 bits per heavy atom. The molecular formula is C18H18FN3S. The van der Waals surface area contributed by atoms with Gasteiger partial charge in [0.15, 0.2) is 0 Å². The van der Waals surface area contributed by atoms with Gasteiger partial charge in [-0.2, -0.15) is 0 Å². The first-order valence-electron chi connectivity index (χ1n) is 7.60. The number of aromatic nitrogens is 1. The van der Waals surface area contributed by atoms with Gasteiger partial charge in [0.05, 0.1) is 6.04 Å². The second kappa shape index (κ2) is 5.67. The van der Waals surface area contributed by atoms with Gasteiger partial charge in [-0.05, 0) is 67.5 Å². The summed E-state index contributed by atoms with van der Waals surface area (Å²) in [6, 6.07) is 11.8. The van der Waals surface area contributed by atoms with Gasteiger partial charge in [-0.15, -0.1) is 0 Å². The lowest BCUT2D eigenvalue weighted by atomic mass is 9.99. The zero-order valence-electron chi connectivity index (χ0n) is 13.1. The molecule has 3 aromatic rings. The molecule has 1 aliphatic rings. The lowest BCUT2D eigenvalue weighted by Crippen LogP contribution is -2.24. The zero-order valence-corrected chi connectivity index (χ0v) is 13.9. The van der Waals surface area contributed by atoms with Crippen molar-refractivity contribution < 1.29 is 4.39 Å². The van der Waals surface area contributed by atoms with Crippen molar-refractivity contribution in [1.82, 2.24) is 14.6 Å². The average Bonchev–Trinajstić information content (AvgIpc) is 3.10. The van der Waals surface area contributed by atoms with E-state index in [1.807, 2.05) is 12.3 Å². The fourth-order valence-electron chi connectivity index (χ4n) is 3.12. The van der Waals surface area contributed by atoms with Gasteiger partial charge in [-0.1, -0.05) is 6.07 Å². The lowest BCUT2D eigenvalue weighted by Gasteiger charge is -2.17. The van der Waals surface area contributed by atoms with Crippen molar-refractivity contribution in [3.63, 3.8) is 0 Å². The van der Waals surface area contributed by atoms with Gasteiger partial charge in [-0.25, -0.2) is 4.39 Å². The third-order valence-corrected chi connectivity index (χ3v) is 5.19. The number of aromatic amines is 1. The van der Waals surface area contributed by atoms with E-state index < -0.39 is 0 Å². The second-order valence-corrected chi connectivity index (χ2v) is 7.06. The quantitative estimate of drug-likeness (QED) is 0.707. The van der Waals surface area contributed by atoms with Crippen molar-refractivity contribution in [2.45, 2.75) is 10.9 Å². The highest BCUT2D eigenvalue weighted by Gasteiger charge is 2.24. The topological polar surface area (TPSA) is 31.1 Å². The molecular weight excluding hydrogens is 309 g/mol. The van der Waals surface area contributed by atoms with E-state index in [0.29, 0.717) is 6.04 Å². The van der Waals surface area contributed by atoms with Gasteiger partial charge in [-0.3, -0.25) is 4.72 Å². The number of benzene rings is 2. The van der Waals surface area contributed by atoms with Gasteiger partial charge >= 0.3 is 0 Å². The Hall–Kier alpha value is -1.82. The van der Waals surface area contributed by atoms with Crippen LogP contribution in [-0.4, -0.2) is 30.5 Å². The second-order valence-electron chi connectivity index (χ2n) is 6.18. The molecule has 2 aromatic carbocycles. The molecule has 0 amide bonds. The number of likely N-dealkylation sites (N-methyl/N-ethyl adjacent to an activating group) is 1. The van der Waals surface area contributed by atoms with E-state index in [4.69, 9.17) is 0 Å². The van der Waals surface area contributed by atoms with Crippen molar-refractivity contribution in [3.8, 4) is 11.1 Å². The molecule has 2 N–H and O–H groups in total. The summed E-state index contributed by atoms with van der Waals surface area (Å²) in [5.74, 6) is -0.216. The number of nitrogens with zero attached hydrogens (tertiary/aromatic N) is 1. The summed E-state index contributed by atoms with van der Waals surface area (Å²) < 4.78 is 16.9. The summed E-state index contributed by atoms with van der Waals surface area (Å²) in [4.78, 5) is 6.64. The Kier molecular flexibility index (Phi) is 3.64. The maximum absolute atomic E-state index is 13.4. The van der Waals surface area contributed by atoms with E-state index in [9.17, 15) is 4.39 Å². The molecule has 1 aromatic heterocycles. The first-order valence-corrected chi connectivity index (χ1v) is 8.41. The molecule has 4 rings (SSSR count). The van der Waals surface area contributed by atoms with Crippen LogP contribution < -0.4 is 4.72 Å². The summed E-state index contributed by atoms with van der Waals surface area (Å²) in [6.07, 6.45) is 1.96. The van der Waals surface area contributed by atoms with Crippen molar-refractivity contribution in [1.29, 1.82) is 0 Å². The van der Waals surface area contributed by atoms with E-state index >= 15 is 0 Å². The van der Waals surface area contributed by atoms with E-state index in [1.54, 1.807) is 18.0 Å². The van der Waals surface area contributed by atoms with Crippen LogP contribution in [0.4, 0.5) is 4.39 Å². The van der Waals surface area contributed by atoms with Gasteiger partial charge in [0, 0.05) is 34.1 Å². The number of rotatable bonds is 3. The molecule has 1 atom stereocenters. The van der Waals surface area contributed by atoms with E-state index in [-0.39, 0.29) is 5.82 Å². The molecule has 0 fully saturated rings. The number of H-pyrrole nitrogens is 1. The van der Waals surface area contributed by atoms with Crippen molar-refractivity contribution >= 4 is 22.9 Å². The molecule has 23 heavy (non-hydrogen) atoms. The molecule has 0 saturated carbocycles. The Bertz CT molecular complexity index is 872. The highest BCUT2D eigenvalue weighted by Crippen LogP contribution is 2.39. The standard InChI is InChI=1S/C18H18FN3S/c1-22(2)10-17-14-7-11(3-6-18(14)23-21-17)15-9-20-16-8-12(19)4-5-13(15)16/h3-9,17,20-21H,10H2,1-2H3. The van der Waals surface area contributed by atoms with Gasteiger partial charge in [0.2, 0.25) is 0 Å². The zero-order chi connectivity index (χ0) is 16.0. The Balaban J connectivity index is 1.78. The smallest absolute Gasteiger partial charge is 0.125 e. The minimum absolute atomic E-state index is 0.216. The van der Waals surface area contributed by atoms with Gasteiger partial charge < -0.3 is 9.88 Å². The largest absolute Gasteiger partial charge is 0.360 e. The van der Waals surface area contributed by atoms with Crippen LogP contribution in [-0.2, 0) is 0 Å². The third-order valence-electron chi connectivity index (χ3n) is 4.20. The first-order chi connectivity index (χ1) is 11.1. The Labute approximate surface area is 139 Å². The fraction of sp³-hybridized carbons (Fsp3) is 0.222. The van der Waals surface area contributed by atoms with Crippen molar-refractivity contribution in [2.75, 3.05) is 20.6 Å². The average molecular weight is 327 g/mol. The van der Waals surface area contributed by atoms with Crippen LogP contribution in [0.5, 0.6) is 0 Å². The highest BCUT2D eigenvalue weighted by molar-refractivity contribution is 7.97. The molecule has 0 bridgehead atoms. The molecule has 118 valence electrons. The number of hydrogen-bond donors (Lipinski definition) is 2. The molecule has 0 saturated heterocycles. The van der Waals surface area contributed by atoms with Crippen molar-refractivity contribution in [2.24, 2.45) is 0 Å². The summed E-state index contributed by atoms with van der Waals surface area (Å²) in [6.45, 7) is 0.961. The number of hydrogen-bond acceptors (Lipinski definition) is 3. The molecule has 2 heterocycles. The van der Waals surface area contributed by atoms with E-state index in [2.05, 4.69) is 46.9 Å². The number of halogens is 1. The van der Waals surface area contributed by atoms with Crippen LogP contribution in [0.15, 0.2) is 47.5 Å². The van der Waals surface area contributed by atoms with Gasteiger partial charge in [0.1, 0.15) is 5.82 Å². The van der Waals surface area contributed by atoms with E-state index in [0.717, 1.165) is 28.6 Å². The highest BCUT2D eigenvalue weighted by atomic mass is 32.2. The molecule has 0 radical (unpaired) electrons.